The van der Waals surface area contributed by atoms with Crippen LogP contribution >= 0.6 is 11.3 Å². The van der Waals surface area contributed by atoms with Crippen LogP contribution in [0.5, 0.6) is 0 Å². The first kappa shape index (κ1) is 14.7. The Labute approximate surface area is 130 Å². The quantitative estimate of drug-likeness (QED) is 0.944. The Bertz CT molecular complexity index is 629. The molecule has 0 aliphatic carbocycles. The lowest BCUT2D eigenvalue weighted by atomic mass is 10.1. The third-order valence-corrected chi connectivity index (χ3v) is 5.11. The normalized spacial score (nSPS) is 19.6. The number of hydrogen-bond donors (Lipinski definition) is 1. The molecule has 1 unspecified atom stereocenters. The fraction of sp³-hybridized carbons (Fsp3) is 0.625. The molecule has 2 aromatic heterocycles. The monoisotopic (exact) mass is 304 g/mol. The lowest BCUT2D eigenvalue weighted by molar-refractivity contribution is 0.405. The largest absolute Gasteiger partial charge is 0.351 e. The van der Waals surface area contributed by atoms with E-state index >= 15 is 0 Å². The highest BCUT2D eigenvalue weighted by molar-refractivity contribution is 7.18. The average molecular weight is 304 g/mol. The van der Waals surface area contributed by atoms with E-state index in [0.717, 1.165) is 24.4 Å². The van der Waals surface area contributed by atoms with Gasteiger partial charge in [0.05, 0.1) is 10.2 Å². The van der Waals surface area contributed by atoms with Crippen LogP contribution in [0, 0.1) is 6.92 Å². The lowest BCUT2D eigenvalue weighted by Crippen LogP contribution is -2.45. The Kier molecular flexibility index (Phi) is 3.88. The fourth-order valence-electron chi connectivity index (χ4n) is 2.91. The number of nitrogens with zero attached hydrogens (tertiary/aromatic N) is 3. The highest BCUT2D eigenvalue weighted by Crippen LogP contribution is 2.34. The standard InChI is InChI=1S/C16H24N4S/c1-11-9-21-14-13(11)17-10-18-15(14)20-7-5-6-12(20)8-19-16(2,3)4/h9-10,12,19H,5-8H2,1-4H3. The molecular weight excluding hydrogens is 280 g/mol. The molecule has 4 nitrogen and oxygen atoms in total. The number of thiophene rings is 1. The smallest absolute Gasteiger partial charge is 0.150 e. The molecule has 1 aliphatic heterocycles. The minimum Gasteiger partial charge on any atom is -0.351 e. The molecule has 0 aromatic carbocycles. The predicted molar refractivity (Wildman–Crippen MR) is 90.3 cm³/mol. The Morgan fingerprint density at radius 1 is 1.38 bits per heavy atom. The first-order valence-electron chi connectivity index (χ1n) is 7.66. The van der Waals surface area contributed by atoms with Crippen LogP contribution in [0.3, 0.4) is 0 Å². The van der Waals surface area contributed by atoms with Crippen molar-refractivity contribution in [3.63, 3.8) is 0 Å². The van der Waals surface area contributed by atoms with Crippen molar-refractivity contribution in [1.29, 1.82) is 0 Å². The van der Waals surface area contributed by atoms with Crippen molar-refractivity contribution >= 4 is 27.4 Å². The van der Waals surface area contributed by atoms with Gasteiger partial charge in [-0.1, -0.05) is 0 Å². The molecular formula is C16H24N4S. The zero-order valence-corrected chi connectivity index (χ0v) is 14.1. The Morgan fingerprint density at radius 2 is 2.19 bits per heavy atom. The maximum atomic E-state index is 4.59. The van der Waals surface area contributed by atoms with E-state index in [4.69, 9.17) is 0 Å². The number of fused-ring (bicyclic) bond motifs is 1. The SMILES string of the molecule is Cc1csc2c(N3CCCC3CNC(C)(C)C)ncnc12. The van der Waals surface area contributed by atoms with Crippen molar-refractivity contribution in [2.75, 3.05) is 18.0 Å². The van der Waals surface area contributed by atoms with Crippen LogP contribution in [0.2, 0.25) is 0 Å². The molecule has 1 saturated heterocycles. The Morgan fingerprint density at radius 3 is 2.95 bits per heavy atom. The van der Waals surface area contributed by atoms with Gasteiger partial charge in [-0.25, -0.2) is 9.97 Å². The number of rotatable bonds is 3. The van der Waals surface area contributed by atoms with Crippen molar-refractivity contribution in [1.82, 2.24) is 15.3 Å². The van der Waals surface area contributed by atoms with E-state index < -0.39 is 0 Å². The van der Waals surface area contributed by atoms with Crippen LogP contribution in [0.15, 0.2) is 11.7 Å². The van der Waals surface area contributed by atoms with Crippen LogP contribution in [-0.2, 0) is 0 Å². The zero-order valence-electron chi connectivity index (χ0n) is 13.3. The summed E-state index contributed by atoms with van der Waals surface area (Å²) in [5, 5.41) is 5.82. The second-order valence-corrected chi connectivity index (χ2v) is 7.79. The van der Waals surface area contributed by atoms with Gasteiger partial charge in [0.15, 0.2) is 0 Å². The topological polar surface area (TPSA) is 41.0 Å². The molecule has 3 heterocycles. The van der Waals surface area contributed by atoms with Gasteiger partial charge in [0, 0.05) is 24.7 Å². The third kappa shape index (κ3) is 3.04. The average Bonchev–Trinajstić information content (AvgIpc) is 3.03. The van der Waals surface area contributed by atoms with Crippen LogP contribution in [0.4, 0.5) is 5.82 Å². The summed E-state index contributed by atoms with van der Waals surface area (Å²) in [6.45, 7) is 10.9. The first-order chi connectivity index (χ1) is 9.96. The summed E-state index contributed by atoms with van der Waals surface area (Å²) in [5.74, 6) is 1.12. The maximum Gasteiger partial charge on any atom is 0.150 e. The molecule has 0 amide bonds. The summed E-state index contributed by atoms with van der Waals surface area (Å²) in [7, 11) is 0. The molecule has 0 saturated carbocycles. The van der Waals surface area contributed by atoms with Gasteiger partial charge in [-0.3, -0.25) is 0 Å². The van der Waals surface area contributed by atoms with Crippen LogP contribution in [0.25, 0.3) is 10.2 Å². The van der Waals surface area contributed by atoms with E-state index in [1.54, 1.807) is 17.7 Å². The fourth-order valence-corrected chi connectivity index (χ4v) is 3.92. The van der Waals surface area contributed by atoms with E-state index in [-0.39, 0.29) is 5.54 Å². The highest BCUT2D eigenvalue weighted by Gasteiger charge is 2.28. The van der Waals surface area contributed by atoms with Crippen molar-refractivity contribution in [3.8, 4) is 0 Å². The molecule has 21 heavy (non-hydrogen) atoms. The number of aryl methyl sites for hydroxylation is 1. The van der Waals surface area contributed by atoms with Gasteiger partial charge in [0.2, 0.25) is 0 Å². The summed E-state index contributed by atoms with van der Waals surface area (Å²) in [6, 6.07) is 0.532. The van der Waals surface area contributed by atoms with Crippen molar-refractivity contribution in [3.05, 3.63) is 17.3 Å². The first-order valence-corrected chi connectivity index (χ1v) is 8.54. The third-order valence-electron chi connectivity index (χ3n) is 4.03. The second kappa shape index (κ2) is 5.54. The second-order valence-electron chi connectivity index (χ2n) is 6.91. The lowest BCUT2D eigenvalue weighted by Gasteiger charge is -2.29. The summed E-state index contributed by atoms with van der Waals surface area (Å²) in [5.41, 5.74) is 2.52. The van der Waals surface area contributed by atoms with Gasteiger partial charge in [-0.2, -0.15) is 0 Å². The molecule has 1 N–H and O–H groups in total. The molecule has 0 bridgehead atoms. The molecule has 1 fully saturated rings. The summed E-state index contributed by atoms with van der Waals surface area (Å²) < 4.78 is 1.23. The van der Waals surface area contributed by atoms with Crippen molar-refractivity contribution in [2.24, 2.45) is 0 Å². The zero-order chi connectivity index (χ0) is 15.0. The van der Waals surface area contributed by atoms with E-state index in [9.17, 15) is 0 Å². The summed E-state index contributed by atoms with van der Waals surface area (Å²) in [4.78, 5) is 11.5. The van der Waals surface area contributed by atoms with Crippen LogP contribution in [-0.4, -0.2) is 34.6 Å². The van der Waals surface area contributed by atoms with Gasteiger partial charge in [0.1, 0.15) is 12.1 Å². The molecule has 3 rings (SSSR count). The van der Waals surface area contributed by atoms with E-state index in [1.807, 2.05) is 0 Å². The Hall–Kier alpha value is -1.20. The van der Waals surface area contributed by atoms with Gasteiger partial charge in [0.25, 0.3) is 0 Å². The van der Waals surface area contributed by atoms with Gasteiger partial charge < -0.3 is 10.2 Å². The molecule has 1 aliphatic rings. The number of hydrogen-bond acceptors (Lipinski definition) is 5. The number of nitrogens with one attached hydrogen (secondary N) is 1. The molecule has 0 radical (unpaired) electrons. The minimum atomic E-state index is 0.161. The maximum absolute atomic E-state index is 4.59. The van der Waals surface area contributed by atoms with E-state index in [1.165, 1.54) is 23.1 Å². The van der Waals surface area contributed by atoms with Gasteiger partial charge in [-0.05, 0) is 51.5 Å². The molecule has 2 aromatic rings. The van der Waals surface area contributed by atoms with Crippen molar-refractivity contribution < 1.29 is 0 Å². The minimum absolute atomic E-state index is 0.161. The van der Waals surface area contributed by atoms with E-state index in [2.05, 4.69) is 53.3 Å². The van der Waals surface area contributed by atoms with Gasteiger partial charge in [-0.15, -0.1) is 11.3 Å². The molecule has 5 heteroatoms. The van der Waals surface area contributed by atoms with Gasteiger partial charge >= 0.3 is 0 Å². The molecule has 0 spiro atoms. The van der Waals surface area contributed by atoms with E-state index in [0.29, 0.717) is 6.04 Å². The van der Waals surface area contributed by atoms with Crippen LogP contribution < -0.4 is 10.2 Å². The van der Waals surface area contributed by atoms with Crippen LogP contribution in [0.1, 0.15) is 39.2 Å². The summed E-state index contributed by atoms with van der Waals surface area (Å²) >= 11 is 1.77. The number of anilines is 1. The number of aromatic nitrogens is 2. The predicted octanol–water partition coefficient (Wildman–Crippen LogP) is 3.36. The highest BCUT2D eigenvalue weighted by atomic mass is 32.1. The molecule has 1 atom stereocenters. The summed E-state index contributed by atoms with van der Waals surface area (Å²) in [6.07, 6.45) is 4.19. The van der Waals surface area contributed by atoms with Crippen molar-refractivity contribution in [2.45, 2.75) is 52.1 Å². The molecule has 114 valence electrons. The Balaban J connectivity index is 1.87.